The second kappa shape index (κ2) is 9.66. The molecule has 2 aliphatic rings. The van der Waals surface area contributed by atoms with Crippen molar-refractivity contribution in [2.75, 3.05) is 13.2 Å². The summed E-state index contributed by atoms with van der Waals surface area (Å²) >= 11 is 0. The van der Waals surface area contributed by atoms with Gasteiger partial charge in [0, 0.05) is 6.61 Å². The van der Waals surface area contributed by atoms with Crippen LogP contribution in [-0.2, 0) is 4.74 Å². The van der Waals surface area contributed by atoms with E-state index in [2.05, 4.69) is 13.5 Å². The summed E-state index contributed by atoms with van der Waals surface area (Å²) in [7, 11) is 0. The van der Waals surface area contributed by atoms with E-state index in [0.29, 0.717) is 0 Å². The maximum atomic E-state index is 5.62. The Morgan fingerprint density at radius 2 is 1.29 bits per heavy atom. The smallest absolute Gasteiger partial charge is 0.0644 e. The van der Waals surface area contributed by atoms with Gasteiger partial charge in [0.2, 0.25) is 0 Å². The second-order valence-corrected chi connectivity index (χ2v) is 7.59. The van der Waals surface area contributed by atoms with Gasteiger partial charge in [0.1, 0.15) is 0 Å². The molecule has 0 N–H and O–H groups in total. The van der Waals surface area contributed by atoms with Crippen LogP contribution in [0.25, 0.3) is 0 Å². The largest absolute Gasteiger partial charge is 0.377 e. The average molecular weight is 293 g/mol. The lowest BCUT2D eigenvalue weighted by atomic mass is 9.75. The van der Waals surface area contributed by atoms with Crippen molar-refractivity contribution in [2.24, 2.45) is 23.7 Å². The van der Waals surface area contributed by atoms with Crippen LogP contribution in [0, 0.1) is 23.7 Å². The fourth-order valence-corrected chi connectivity index (χ4v) is 4.40. The summed E-state index contributed by atoms with van der Waals surface area (Å²) in [6.45, 7) is 7.75. The van der Waals surface area contributed by atoms with Gasteiger partial charge in [-0.3, -0.25) is 0 Å². The van der Waals surface area contributed by atoms with Gasteiger partial charge in [0.25, 0.3) is 0 Å². The Morgan fingerprint density at radius 1 is 0.810 bits per heavy atom. The van der Waals surface area contributed by atoms with Crippen LogP contribution in [-0.4, -0.2) is 13.2 Å². The zero-order valence-electron chi connectivity index (χ0n) is 14.2. The standard InChI is InChI=1S/C20H36O/c1-3-15-21-16-20-13-11-19(12-14-20)10-9-18-7-5-17(4-2)6-8-18/h3,17-20H,1,4-16H2,2H3/t17-,18-,19-,20-. The van der Waals surface area contributed by atoms with Gasteiger partial charge in [-0.15, -0.1) is 6.58 Å². The van der Waals surface area contributed by atoms with Crippen molar-refractivity contribution in [1.82, 2.24) is 0 Å². The average Bonchev–Trinajstić information content (AvgIpc) is 2.55. The highest BCUT2D eigenvalue weighted by atomic mass is 16.5. The number of ether oxygens (including phenoxy) is 1. The van der Waals surface area contributed by atoms with E-state index in [9.17, 15) is 0 Å². The van der Waals surface area contributed by atoms with E-state index < -0.39 is 0 Å². The van der Waals surface area contributed by atoms with Crippen LogP contribution >= 0.6 is 0 Å². The molecule has 0 atom stereocenters. The van der Waals surface area contributed by atoms with Gasteiger partial charge in [-0.1, -0.05) is 70.8 Å². The quantitative estimate of drug-likeness (QED) is 0.394. The number of hydrogen-bond donors (Lipinski definition) is 0. The molecule has 122 valence electrons. The Hall–Kier alpha value is -0.300. The van der Waals surface area contributed by atoms with Crippen molar-refractivity contribution < 1.29 is 4.74 Å². The molecule has 0 aliphatic heterocycles. The predicted octanol–water partition coefficient (Wildman–Crippen LogP) is 5.99. The SMILES string of the molecule is C=CCOC[C@H]1CC[C@H](CC[C@H]2CC[C@H](CC)CC2)CC1. The summed E-state index contributed by atoms with van der Waals surface area (Å²) in [5.74, 6) is 3.94. The van der Waals surface area contributed by atoms with Crippen molar-refractivity contribution in [3.05, 3.63) is 12.7 Å². The van der Waals surface area contributed by atoms with Gasteiger partial charge in [-0.05, 0) is 36.5 Å². The first-order valence-electron chi connectivity index (χ1n) is 9.50. The minimum atomic E-state index is 0.723. The molecular weight excluding hydrogens is 256 g/mol. The third-order valence-corrected chi connectivity index (χ3v) is 6.08. The van der Waals surface area contributed by atoms with E-state index in [0.717, 1.165) is 36.9 Å². The van der Waals surface area contributed by atoms with Crippen LogP contribution < -0.4 is 0 Å². The molecule has 2 saturated carbocycles. The molecule has 0 radical (unpaired) electrons. The molecule has 21 heavy (non-hydrogen) atoms. The summed E-state index contributed by atoms with van der Waals surface area (Å²) in [5, 5.41) is 0. The first-order valence-corrected chi connectivity index (χ1v) is 9.50. The molecule has 0 bridgehead atoms. The lowest BCUT2D eigenvalue weighted by Gasteiger charge is -2.31. The normalized spacial score (nSPS) is 33.8. The van der Waals surface area contributed by atoms with Crippen molar-refractivity contribution in [2.45, 2.75) is 77.6 Å². The second-order valence-electron chi connectivity index (χ2n) is 7.59. The fourth-order valence-electron chi connectivity index (χ4n) is 4.40. The Morgan fingerprint density at radius 3 is 1.76 bits per heavy atom. The maximum absolute atomic E-state index is 5.62. The molecule has 2 rings (SSSR count). The highest BCUT2D eigenvalue weighted by Gasteiger charge is 2.24. The number of hydrogen-bond acceptors (Lipinski definition) is 1. The van der Waals surface area contributed by atoms with E-state index in [1.54, 1.807) is 0 Å². The topological polar surface area (TPSA) is 9.23 Å². The number of rotatable bonds is 8. The molecule has 0 saturated heterocycles. The fraction of sp³-hybridized carbons (Fsp3) is 0.900. The molecule has 0 unspecified atom stereocenters. The Bertz CT molecular complexity index is 270. The first-order chi connectivity index (χ1) is 10.3. The zero-order valence-corrected chi connectivity index (χ0v) is 14.2. The molecular formula is C20H36O. The lowest BCUT2D eigenvalue weighted by Crippen LogP contribution is -2.20. The summed E-state index contributed by atoms with van der Waals surface area (Å²) in [6, 6.07) is 0. The molecule has 0 amide bonds. The third kappa shape index (κ3) is 6.14. The maximum Gasteiger partial charge on any atom is 0.0644 e. The summed E-state index contributed by atoms with van der Waals surface area (Å²) < 4.78 is 5.62. The molecule has 2 fully saturated rings. The van der Waals surface area contributed by atoms with Crippen LogP contribution in [0.4, 0.5) is 0 Å². The Kier molecular flexibility index (Phi) is 7.85. The molecule has 0 spiro atoms. The van der Waals surface area contributed by atoms with Crippen molar-refractivity contribution >= 4 is 0 Å². The molecule has 0 aromatic carbocycles. The highest BCUT2D eigenvalue weighted by molar-refractivity contribution is 4.76. The third-order valence-electron chi connectivity index (χ3n) is 6.08. The van der Waals surface area contributed by atoms with Gasteiger partial charge in [-0.2, -0.15) is 0 Å². The van der Waals surface area contributed by atoms with E-state index in [1.807, 2.05) is 6.08 Å². The predicted molar refractivity (Wildman–Crippen MR) is 91.4 cm³/mol. The van der Waals surface area contributed by atoms with Gasteiger partial charge < -0.3 is 4.74 Å². The van der Waals surface area contributed by atoms with E-state index in [4.69, 9.17) is 4.74 Å². The van der Waals surface area contributed by atoms with Gasteiger partial charge in [-0.25, -0.2) is 0 Å². The molecule has 0 aromatic heterocycles. The van der Waals surface area contributed by atoms with Crippen molar-refractivity contribution in [1.29, 1.82) is 0 Å². The van der Waals surface area contributed by atoms with Crippen LogP contribution in [0.15, 0.2) is 12.7 Å². The van der Waals surface area contributed by atoms with Crippen LogP contribution in [0.1, 0.15) is 77.6 Å². The first kappa shape index (κ1) is 17.1. The summed E-state index contributed by atoms with van der Waals surface area (Å²) in [5.41, 5.74) is 0. The summed E-state index contributed by atoms with van der Waals surface area (Å²) in [6.07, 6.45) is 18.0. The summed E-state index contributed by atoms with van der Waals surface area (Å²) in [4.78, 5) is 0. The van der Waals surface area contributed by atoms with Crippen LogP contribution in [0.5, 0.6) is 0 Å². The zero-order chi connectivity index (χ0) is 14.9. The Labute approximate surface area is 132 Å². The van der Waals surface area contributed by atoms with Gasteiger partial charge in [0.15, 0.2) is 0 Å². The molecule has 0 heterocycles. The minimum Gasteiger partial charge on any atom is -0.377 e. The molecule has 1 nitrogen and oxygen atoms in total. The van der Waals surface area contributed by atoms with Crippen LogP contribution in [0.2, 0.25) is 0 Å². The molecule has 0 aromatic rings. The van der Waals surface area contributed by atoms with Gasteiger partial charge in [0.05, 0.1) is 6.61 Å². The van der Waals surface area contributed by atoms with Crippen molar-refractivity contribution in [3.63, 3.8) is 0 Å². The molecule has 1 heteroatoms. The highest BCUT2D eigenvalue weighted by Crippen LogP contribution is 2.37. The van der Waals surface area contributed by atoms with E-state index in [1.165, 1.54) is 70.6 Å². The van der Waals surface area contributed by atoms with Gasteiger partial charge >= 0.3 is 0 Å². The van der Waals surface area contributed by atoms with Crippen LogP contribution in [0.3, 0.4) is 0 Å². The Balaban J connectivity index is 1.54. The lowest BCUT2D eigenvalue weighted by molar-refractivity contribution is 0.0936. The van der Waals surface area contributed by atoms with Crippen molar-refractivity contribution in [3.8, 4) is 0 Å². The van der Waals surface area contributed by atoms with E-state index in [-0.39, 0.29) is 0 Å². The monoisotopic (exact) mass is 292 g/mol. The minimum absolute atomic E-state index is 0.723. The molecule has 2 aliphatic carbocycles. The van der Waals surface area contributed by atoms with E-state index >= 15 is 0 Å².